The van der Waals surface area contributed by atoms with Gasteiger partial charge in [0.05, 0.1) is 7.11 Å². The maximum Gasteiger partial charge on any atom is 0.222 e. The summed E-state index contributed by atoms with van der Waals surface area (Å²) in [6.07, 6.45) is 4.94. The first kappa shape index (κ1) is 23.1. The van der Waals surface area contributed by atoms with Gasteiger partial charge in [-0.25, -0.2) is 0 Å². The van der Waals surface area contributed by atoms with Gasteiger partial charge in [0.15, 0.2) is 0 Å². The highest BCUT2D eigenvalue weighted by atomic mass is 32.2. The van der Waals surface area contributed by atoms with Gasteiger partial charge in [-0.15, -0.1) is 11.8 Å². The maximum atomic E-state index is 11.9. The number of benzene rings is 2. The number of hydrogen-bond acceptors (Lipinski definition) is 6. The van der Waals surface area contributed by atoms with Crippen LogP contribution in [-0.2, 0) is 11.2 Å². The van der Waals surface area contributed by atoms with Crippen molar-refractivity contribution in [3.63, 3.8) is 0 Å². The molecule has 0 aromatic heterocycles. The number of amides is 1. The summed E-state index contributed by atoms with van der Waals surface area (Å²) >= 11 is 3.70. The monoisotopic (exact) mass is 483 g/mol. The van der Waals surface area contributed by atoms with Crippen molar-refractivity contribution in [2.45, 2.75) is 40.0 Å². The number of piperazine rings is 1. The fourth-order valence-electron chi connectivity index (χ4n) is 5.20. The molecule has 0 saturated carbocycles. The van der Waals surface area contributed by atoms with Crippen molar-refractivity contribution < 1.29 is 9.53 Å². The van der Waals surface area contributed by atoms with Gasteiger partial charge >= 0.3 is 0 Å². The summed E-state index contributed by atoms with van der Waals surface area (Å²) in [6.45, 7) is 7.09. The molecule has 3 heterocycles. The average molecular weight is 484 g/mol. The zero-order chi connectivity index (χ0) is 22.8. The number of ether oxygens (including phenoxy) is 1. The highest BCUT2D eigenvalue weighted by molar-refractivity contribution is 7.99. The number of rotatable bonds is 6. The Morgan fingerprint density at radius 3 is 2.61 bits per heavy atom. The molecule has 2 aromatic carbocycles. The fourth-order valence-corrected chi connectivity index (χ4v) is 6.79. The van der Waals surface area contributed by atoms with Crippen LogP contribution < -0.4 is 4.74 Å². The molecule has 3 aliphatic rings. The molecule has 7 heteroatoms. The third-order valence-corrected chi connectivity index (χ3v) is 9.11. The Morgan fingerprint density at radius 2 is 1.88 bits per heavy atom. The Kier molecular flexibility index (Phi) is 7.21. The van der Waals surface area contributed by atoms with Crippen molar-refractivity contribution in [3.8, 4) is 5.75 Å². The molecule has 5 nitrogen and oxygen atoms in total. The standard InChI is InChI=1S/C26H33N3O2S2/c1-31-20-6-5-19-16-23(22-18-21(32-2)7-8-24(22)33-25(19)17-20)28-13-10-27(11-14-28)12-15-29-9-3-4-26(29)30/h5-8,17-18,23H,3-4,9-16H2,1-2H3. The van der Waals surface area contributed by atoms with Crippen LogP contribution in [0, 0.1) is 0 Å². The van der Waals surface area contributed by atoms with Crippen molar-refractivity contribution in [3.05, 3.63) is 47.5 Å². The lowest BCUT2D eigenvalue weighted by molar-refractivity contribution is -0.127. The Bertz CT molecular complexity index is 1010. The number of carbonyl (C=O) groups excluding carboxylic acids is 1. The Hall–Kier alpha value is -1.67. The molecule has 2 aromatic rings. The van der Waals surface area contributed by atoms with Crippen molar-refractivity contribution in [2.75, 3.05) is 59.2 Å². The second-order valence-electron chi connectivity index (χ2n) is 9.06. The topological polar surface area (TPSA) is 36.0 Å². The third-order valence-electron chi connectivity index (χ3n) is 7.19. The zero-order valence-corrected chi connectivity index (χ0v) is 21.2. The summed E-state index contributed by atoms with van der Waals surface area (Å²) in [5, 5.41) is 0. The molecule has 0 radical (unpaired) electrons. The minimum Gasteiger partial charge on any atom is -0.497 e. The number of carbonyl (C=O) groups is 1. The number of likely N-dealkylation sites (tertiary alicyclic amines) is 1. The molecule has 0 aliphatic carbocycles. The Balaban J connectivity index is 1.33. The van der Waals surface area contributed by atoms with E-state index in [2.05, 4.69) is 52.5 Å². The molecule has 33 heavy (non-hydrogen) atoms. The first-order chi connectivity index (χ1) is 16.1. The van der Waals surface area contributed by atoms with Gasteiger partial charge in [-0.1, -0.05) is 17.8 Å². The molecular formula is C26H33N3O2S2. The molecular weight excluding hydrogens is 450 g/mol. The summed E-state index contributed by atoms with van der Waals surface area (Å²) in [4.78, 5) is 23.2. The van der Waals surface area contributed by atoms with Crippen LogP contribution in [0.2, 0.25) is 0 Å². The largest absolute Gasteiger partial charge is 0.497 e. The van der Waals surface area contributed by atoms with Gasteiger partial charge in [-0.3, -0.25) is 14.6 Å². The minimum absolute atomic E-state index is 0.334. The van der Waals surface area contributed by atoms with Crippen LogP contribution in [0.15, 0.2) is 51.1 Å². The van der Waals surface area contributed by atoms with Gasteiger partial charge < -0.3 is 9.64 Å². The summed E-state index contributed by atoms with van der Waals surface area (Å²) in [5.74, 6) is 1.26. The van der Waals surface area contributed by atoms with Gasteiger partial charge in [-0.2, -0.15) is 0 Å². The van der Waals surface area contributed by atoms with E-state index in [1.165, 1.54) is 25.8 Å². The second-order valence-corrected chi connectivity index (χ2v) is 11.0. The van der Waals surface area contributed by atoms with Crippen LogP contribution in [0.3, 0.4) is 0 Å². The number of hydrogen-bond donors (Lipinski definition) is 0. The van der Waals surface area contributed by atoms with E-state index in [0.717, 1.165) is 70.8 Å². The Labute approximate surface area is 205 Å². The van der Waals surface area contributed by atoms with Crippen LogP contribution in [-0.4, -0.2) is 79.8 Å². The molecule has 1 unspecified atom stereocenters. The number of methoxy groups -OCH3 is 1. The van der Waals surface area contributed by atoms with Crippen LogP contribution in [0.5, 0.6) is 5.75 Å². The van der Waals surface area contributed by atoms with E-state index >= 15 is 0 Å². The second kappa shape index (κ2) is 10.3. The normalized spacial score (nSPS) is 21.6. The average Bonchev–Trinajstić information content (AvgIpc) is 3.19. The number of nitrogens with zero attached hydrogens (tertiary/aromatic N) is 3. The third kappa shape index (κ3) is 5.06. The van der Waals surface area contributed by atoms with Crippen LogP contribution in [0.4, 0.5) is 0 Å². The predicted molar refractivity (Wildman–Crippen MR) is 136 cm³/mol. The first-order valence-corrected chi connectivity index (χ1v) is 14.0. The molecule has 0 bridgehead atoms. The molecule has 0 N–H and O–H groups in total. The van der Waals surface area contributed by atoms with E-state index in [1.54, 1.807) is 7.11 Å². The summed E-state index contributed by atoms with van der Waals surface area (Å²) in [5.41, 5.74) is 2.86. The van der Waals surface area contributed by atoms with E-state index in [0.29, 0.717) is 11.9 Å². The molecule has 176 valence electrons. The lowest BCUT2D eigenvalue weighted by Gasteiger charge is -2.40. The van der Waals surface area contributed by atoms with Crippen molar-refractivity contribution in [1.82, 2.24) is 14.7 Å². The quantitative estimate of drug-likeness (QED) is 0.567. The van der Waals surface area contributed by atoms with Crippen LogP contribution >= 0.6 is 23.5 Å². The maximum absolute atomic E-state index is 11.9. The number of fused-ring (bicyclic) bond motifs is 2. The minimum atomic E-state index is 0.334. The van der Waals surface area contributed by atoms with E-state index in [4.69, 9.17) is 4.74 Å². The summed E-state index contributed by atoms with van der Waals surface area (Å²) in [7, 11) is 1.74. The van der Waals surface area contributed by atoms with Gasteiger partial charge in [0, 0.05) is 73.0 Å². The predicted octanol–water partition coefficient (Wildman–Crippen LogP) is 4.41. The SMILES string of the molecule is COc1ccc2c(c1)Sc1ccc(SC)cc1C(N1CCN(CCN3CCCC3=O)CC1)C2. The molecule has 0 spiro atoms. The van der Waals surface area contributed by atoms with Gasteiger partial charge in [-0.05, 0) is 60.6 Å². The van der Waals surface area contributed by atoms with Crippen LogP contribution in [0.1, 0.15) is 30.0 Å². The molecule has 3 aliphatic heterocycles. The van der Waals surface area contributed by atoms with Crippen LogP contribution in [0.25, 0.3) is 0 Å². The van der Waals surface area contributed by atoms with Crippen molar-refractivity contribution in [1.29, 1.82) is 0 Å². The van der Waals surface area contributed by atoms with Gasteiger partial charge in [0.1, 0.15) is 5.75 Å². The molecule has 2 saturated heterocycles. The highest BCUT2D eigenvalue weighted by Gasteiger charge is 2.31. The van der Waals surface area contributed by atoms with E-state index < -0.39 is 0 Å². The molecule has 5 rings (SSSR count). The zero-order valence-electron chi connectivity index (χ0n) is 19.6. The van der Waals surface area contributed by atoms with Crippen molar-refractivity contribution >= 4 is 29.4 Å². The van der Waals surface area contributed by atoms with E-state index in [-0.39, 0.29) is 0 Å². The summed E-state index contributed by atoms with van der Waals surface area (Å²) < 4.78 is 5.51. The van der Waals surface area contributed by atoms with E-state index in [1.807, 2.05) is 28.4 Å². The molecule has 2 fully saturated rings. The smallest absolute Gasteiger partial charge is 0.222 e. The first-order valence-electron chi connectivity index (χ1n) is 11.9. The number of thioether (sulfide) groups is 1. The molecule has 1 amide bonds. The fraction of sp³-hybridized carbons (Fsp3) is 0.500. The van der Waals surface area contributed by atoms with E-state index in [9.17, 15) is 4.79 Å². The lowest BCUT2D eigenvalue weighted by Crippen LogP contribution is -2.49. The summed E-state index contributed by atoms with van der Waals surface area (Å²) in [6, 6.07) is 13.9. The molecule has 1 atom stereocenters. The Morgan fingerprint density at radius 1 is 1.03 bits per heavy atom. The van der Waals surface area contributed by atoms with Crippen molar-refractivity contribution in [2.24, 2.45) is 0 Å². The lowest BCUT2D eigenvalue weighted by atomic mass is 9.96. The van der Waals surface area contributed by atoms with Gasteiger partial charge in [0.2, 0.25) is 5.91 Å². The van der Waals surface area contributed by atoms with Gasteiger partial charge in [0.25, 0.3) is 0 Å². The highest BCUT2D eigenvalue weighted by Crippen LogP contribution is 2.45.